The van der Waals surface area contributed by atoms with Crippen molar-refractivity contribution in [1.29, 1.82) is 0 Å². The van der Waals surface area contributed by atoms with Crippen molar-refractivity contribution in [1.82, 2.24) is 19.6 Å². The van der Waals surface area contributed by atoms with Gasteiger partial charge in [-0.2, -0.15) is 10.2 Å². The van der Waals surface area contributed by atoms with E-state index >= 15 is 0 Å². The zero-order valence-electron chi connectivity index (χ0n) is 15.1. The fourth-order valence-electron chi connectivity index (χ4n) is 2.74. The lowest BCUT2D eigenvalue weighted by atomic mass is 10.2. The van der Waals surface area contributed by atoms with E-state index in [0.717, 1.165) is 11.3 Å². The topological polar surface area (TPSA) is 108 Å². The van der Waals surface area contributed by atoms with Crippen LogP contribution in [0.4, 0.5) is 11.5 Å². The number of carbonyl (C=O) groups excluding carboxylic acids is 1. The quantitative estimate of drug-likeness (QED) is 0.509. The number of aromatic nitrogens is 4. The number of rotatable bonds is 7. The molecule has 9 heteroatoms. The predicted octanol–water partition coefficient (Wildman–Crippen LogP) is 2.68. The maximum Gasteiger partial charge on any atom is 0.309 e. The first-order valence-electron chi connectivity index (χ1n) is 8.49. The Labute approximate surface area is 155 Å². The zero-order chi connectivity index (χ0) is 19.4. The van der Waals surface area contributed by atoms with Gasteiger partial charge in [-0.15, -0.1) is 0 Å². The highest BCUT2D eigenvalue weighted by atomic mass is 16.6. The number of hydrogen-bond donors (Lipinski definition) is 1. The Morgan fingerprint density at radius 3 is 2.63 bits per heavy atom. The van der Waals surface area contributed by atoms with Crippen LogP contribution in [0.5, 0.6) is 0 Å². The average Bonchev–Trinajstić information content (AvgIpc) is 3.16. The summed E-state index contributed by atoms with van der Waals surface area (Å²) in [4.78, 5) is 22.5. The van der Waals surface area contributed by atoms with E-state index in [4.69, 9.17) is 0 Å². The molecule has 3 aromatic rings. The Hall–Kier alpha value is -3.49. The molecule has 0 radical (unpaired) electrons. The molecule has 140 valence electrons. The van der Waals surface area contributed by atoms with E-state index in [1.165, 1.54) is 10.9 Å². The molecule has 1 amide bonds. The number of aryl methyl sites for hydroxylation is 2. The molecule has 0 fully saturated rings. The van der Waals surface area contributed by atoms with E-state index in [1.54, 1.807) is 6.92 Å². The summed E-state index contributed by atoms with van der Waals surface area (Å²) in [5.74, 6) is 0.258. The highest BCUT2D eigenvalue weighted by Gasteiger charge is 2.17. The van der Waals surface area contributed by atoms with Crippen molar-refractivity contribution in [2.24, 2.45) is 0 Å². The molecule has 0 bridgehead atoms. The molecule has 2 aromatic heterocycles. The van der Waals surface area contributed by atoms with Crippen molar-refractivity contribution in [3.05, 3.63) is 69.7 Å². The van der Waals surface area contributed by atoms with Gasteiger partial charge in [0.05, 0.1) is 18.0 Å². The molecular weight excluding hydrogens is 348 g/mol. The van der Waals surface area contributed by atoms with Crippen LogP contribution < -0.4 is 5.32 Å². The zero-order valence-corrected chi connectivity index (χ0v) is 15.1. The molecule has 0 aliphatic rings. The van der Waals surface area contributed by atoms with Crippen LogP contribution in [0.2, 0.25) is 0 Å². The maximum atomic E-state index is 12.2. The van der Waals surface area contributed by atoms with Crippen molar-refractivity contribution >= 4 is 17.4 Å². The van der Waals surface area contributed by atoms with Gasteiger partial charge in [-0.25, -0.2) is 0 Å². The van der Waals surface area contributed by atoms with E-state index in [0.29, 0.717) is 18.1 Å². The van der Waals surface area contributed by atoms with E-state index < -0.39 is 4.92 Å². The molecule has 9 nitrogen and oxygen atoms in total. The molecule has 3 rings (SSSR count). The second-order valence-corrected chi connectivity index (χ2v) is 6.21. The van der Waals surface area contributed by atoms with Gasteiger partial charge in [-0.3, -0.25) is 24.3 Å². The van der Waals surface area contributed by atoms with E-state index in [9.17, 15) is 14.9 Å². The Bertz CT molecular complexity index is 961. The summed E-state index contributed by atoms with van der Waals surface area (Å²) in [6, 6.07) is 11.7. The molecule has 0 unspecified atom stereocenters. The van der Waals surface area contributed by atoms with Crippen molar-refractivity contribution in [2.45, 2.75) is 33.4 Å². The Morgan fingerprint density at radius 1 is 1.22 bits per heavy atom. The Balaban J connectivity index is 1.58. The molecule has 0 aliphatic carbocycles. The smallest absolute Gasteiger partial charge is 0.309 e. The van der Waals surface area contributed by atoms with Crippen molar-refractivity contribution in [3.63, 3.8) is 0 Å². The molecule has 27 heavy (non-hydrogen) atoms. The lowest BCUT2D eigenvalue weighted by Crippen LogP contribution is -2.16. The third-order valence-corrected chi connectivity index (χ3v) is 4.25. The molecule has 0 atom stereocenters. The van der Waals surface area contributed by atoms with Crippen molar-refractivity contribution in [2.75, 3.05) is 5.32 Å². The van der Waals surface area contributed by atoms with Crippen molar-refractivity contribution < 1.29 is 9.72 Å². The highest BCUT2D eigenvalue weighted by Crippen LogP contribution is 2.16. The Kier molecular flexibility index (Phi) is 5.30. The molecular formula is C18H20N6O3. The number of nitro groups is 1. The van der Waals surface area contributed by atoms with Gasteiger partial charge in [-0.1, -0.05) is 30.3 Å². The third-order valence-electron chi connectivity index (χ3n) is 4.25. The van der Waals surface area contributed by atoms with Gasteiger partial charge in [-0.05, 0) is 19.4 Å². The molecule has 0 saturated heterocycles. The van der Waals surface area contributed by atoms with Gasteiger partial charge in [0.15, 0.2) is 5.82 Å². The number of carbonyl (C=O) groups is 1. The van der Waals surface area contributed by atoms with Crippen LogP contribution in [0.1, 0.15) is 23.4 Å². The largest absolute Gasteiger partial charge is 0.309 e. The third kappa shape index (κ3) is 4.38. The number of amides is 1. The number of anilines is 1. The summed E-state index contributed by atoms with van der Waals surface area (Å²) in [5, 5.41) is 22.0. The van der Waals surface area contributed by atoms with Crippen LogP contribution in [0.15, 0.2) is 42.6 Å². The molecule has 2 heterocycles. The van der Waals surface area contributed by atoms with Crippen LogP contribution in [-0.4, -0.2) is 30.4 Å². The van der Waals surface area contributed by atoms with Crippen LogP contribution in [0, 0.1) is 24.0 Å². The van der Waals surface area contributed by atoms with E-state index in [1.807, 2.05) is 48.0 Å². The van der Waals surface area contributed by atoms with Gasteiger partial charge >= 0.3 is 5.69 Å². The first-order chi connectivity index (χ1) is 12.9. The molecule has 0 aliphatic heterocycles. The van der Waals surface area contributed by atoms with Gasteiger partial charge in [0.1, 0.15) is 11.9 Å². The second kappa shape index (κ2) is 7.81. The van der Waals surface area contributed by atoms with Gasteiger partial charge in [0.2, 0.25) is 5.91 Å². The molecule has 0 spiro atoms. The van der Waals surface area contributed by atoms with Gasteiger partial charge in [0, 0.05) is 18.2 Å². The minimum atomic E-state index is -0.485. The average molecular weight is 368 g/mol. The second-order valence-electron chi connectivity index (χ2n) is 6.21. The Morgan fingerprint density at radius 2 is 1.96 bits per heavy atom. The van der Waals surface area contributed by atoms with Crippen LogP contribution in [0.25, 0.3) is 0 Å². The first-order valence-corrected chi connectivity index (χ1v) is 8.49. The summed E-state index contributed by atoms with van der Waals surface area (Å²) in [6.45, 7) is 4.42. The van der Waals surface area contributed by atoms with E-state index in [-0.39, 0.29) is 24.6 Å². The van der Waals surface area contributed by atoms with Crippen LogP contribution in [-0.2, 0) is 17.9 Å². The SMILES string of the molecule is Cc1cc(NC(=O)CCn2ncc([N+](=O)[O-])c2C)nn1Cc1ccccc1. The monoisotopic (exact) mass is 368 g/mol. The van der Waals surface area contributed by atoms with Gasteiger partial charge in [0.25, 0.3) is 0 Å². The van der Waals surface area contributed by atoms with Crippen molar-refractivity contribution in [3.8, 4) is 0 Å². The molecule has 0 saturated carbocycles. The highest BCUT2D eigenvalue weighted by molar-refractivity contribution is 5.89. The summed E-state index contributed by atoms with van der Waals surface area (Å²) >= 11 is 0. The summed E-state index contributed by atoms with van der Waals surface area (Å²) in [5.41, 5.74) is 2.44. The molecule has 1 N–H and O–H groups in total. The summed E-state index contributed by atoms with van der Waals surface area (Å²) < 4.78 is 3.28. The van der Waals surface area contributed by atoms with Crippen LogP contribution in [0.3, 0.4) is 0 Å². The summed E-state index contributed by atoms with van der Waals surface area (Å²) in [7, 11) is 0. The molecule has 1 aromatic carbocycles. The maximum absolute atomic E-state index is 12.2. The lowest BCUT2D eigenvalue weighted by molar-refractivity contribution is -0.385. The fourth-order valence-corrected chi connectivity index (χ4v) is 2.74. The van der Waals surface area contributed by atoms with E-state index in [2.05, 4.69) is 15.5 Å². The van der Waals surface area contributed by atoms with Crippen LogP contribution >= 0.6 is 0 Å². The lowest BCUT2D eigenvalue weighted by Gasteiger charge is -2.05. The normalized spacial score (nSPS) is 10.7. The number of nitrogens with zero attached hydrogens (tertiary/aromatic N) is 5. The number of hydrogen-bond acceptors (Lipinski definition) is 5. The minimum Gasteiger partial charge on any atom is -0.309 e. The number of benzene rings is 1. The predicted molar refractivity (Wildman–Crippen MR) is 99.4 cm³/mol. The minimum absolute atomic E-state index is 0.0503. The summed E-state index contributed by atoms with van der Waals surface area (Å²) in [6.07, 6.45) is 1.34. The van der Waals surface area contributed by atoms with Gasteiger partial charge < -0.3 is 5.32 Å². The standard InChI is InChI=1S/C18H20N6O3/c1-13-10-17(21-23(13)12-15-6-4-3-5-7-15)20-18(25)8-9-22-14(2)16(11-19-22)24(26)27/h3-7,10-11H,8-9,12H2,1-2H3,(H,20,21,25). The number of nitrogens with one attached hydrogen (secondary N) is 1. The first kappa shape index (κ1) is 18.3. The fraction of sp³-hybridized carbons (Fsp3) is 0.278.